The molecule has 1 saturated carbocycles. The van der Waals surface area contributed by atoms with E-state index in [4.69, 9.17) is 4.74 Å². The average Bonchev–Trinajstić information content (AvgIpc) is 2.72. The van der Waals surface area contributed by atoms with Crippen molar-refractivity contribution < 1.29 is 9.84 Å². The van der Waals surface area contributed by atoms with Crippen LogP contribution in [-0.4, -0.2) is 31.3 Å². The quantitative estimate of drug-likeness (QED) is 0.671. The van der Waals surface area contributed by atoms with Crippen LogP contribution in [-0.2, 0) is 13.2 Å². The van der Waals surface area contributed by atoms with Crippen molar-refractivity contribution in [1.29, 1.82) is 0 Å². The Labute approximate surface area is 168 Å². The zero-order valence-electron chi connectivity index (χ0n) is 16.2. The van der Waals surface area contributed by atoms with Crippen LogP contribution in [0.25, 0.3) is 11.1 Å². The monoisotopic (exact) mass is 390 g/mol. The standard InChI is InChI=1S/C22H30N2O2.ClH/c1-23-20-8-10-21(11-9-20)24-14-19-13-18(7-12-22(19)26-2)17-5-3-16(15-25)4-6-17;/h3-7,12-13,20-21,23-25H,8-11,14-15H2,1-2H3;1H. The number of benzene rings is 2. The van der Waals surface area contributed by atoms with E-state index in [1.165, 1.54) is 36.8 Å². The maximum absolute atomic E-state index is 9.21. The van der Waals surface area contributed by atoms with Gasteiger partial charge in [0.25, 0.3) is 0 Å². The van der Waals surface area contributed by atoms with Crippen LogP contribution in [0.5, 0.6) is 5.75 Å². The van der Waals surface area contributed by atoms with Crippen molar-refractivity contribution in [3.63, 3.8) is 0 Å². The number of nitrogens with one attached hydrogen (secondary N) is 2. The summed E-state index contributed by atoms with van der Waals surface area (Å²) in [5.41, 5.74) is 4.44. The molecule has 3 rings (SSSR count). The molecule has 0 radical (unpaired) electrons. The summed E-state index contributed by atoms with van der Waals surface area (Å²) >= 11 is 0. The number of hydrogen-bond acceptors (Lipinski definition) is 4. The minimum Gasteiger partial charge on any atom is -0.496 e. The number of methoxy groups -OCH3 is 1. The molecule has 0 unspecified atom stereocenters. The summed E-state index contributed by atoms with van der Waals surface area (Å²) in [6.07, 6.45) is 4.91. The molecule has 148 valence electrons. The molecule has 0 aromatic heterocycles. The van der Waals surface area contributed by atoms with Gasteiger partial charge in [0.1, 0.15) is 5.75 Å². The average molecular weight is 391 g/mol. The fourth-order valence-corrected chi connectivity index (χ4v) is 3.74. The summed E-state index contributed by atoms with van der Waals surface area (Å²) < 4.78 is 5.56. The fourth-order valence-electron chi connectivity index (χ4n) is 3.74. The third kappa shape index (κ3) is 5.69. The highest BCUT2D eigenvalue weighted by Crippen LogP contribution is 2.28. The molecule has 0 amide bonds. The van der Waals surface area contributed by atoms with E-state index in [-0.39, 0.29) is 19.0 Å². The second-order valence-corrected chi connectivity index (χ2v) is 7.10. The minimum atomic E-state index is 0. The Kier molecular flexibility index (Phi) is 8.58. The number of aliphatic hydroxyl groups is 1. The molecule has 1 aliphatic carbocycles. The van der Waals surface area contributed by atoms with E-state index in [0.29, 0.717) is 12.1 Å². The van der Waals surface area contributed by atoms with Crippen LogP contribution in [0.4, 0.5) is 0 Å². The fraction of sp³-hybridized carbons (Fsp3) is 0.455. The largest absolute Gasteiger partial charge is 0.496 e. The van der Waals surface area contributed by atoms with Gasteiger partial charge in [-0.15, -0.1) is 12.4 Å². The van der Waals surface area contributed by atoms with Gasteiger partial charge in [-0.05, 0) is 61.6 Å². The molecule has 2 aromatic rings. The molecule has 0 aliphatic heterocycles. The lowest BCUT2D eigenvalue weighted by Crippen LogP contribution is -2.38. The van der Waals surface area contributed by atoms with Crippen LogP contribution in [0, 0.1) is 0 Å². The van der Waals surface area contributed by atoms with Gasteiger partial charge in [0.15, 0.2) is 0 Å². The van der Waals surface area contributed by atoms with Crippen LogP contribution in [0.3, 0.4) is 0 Å². The Hall–Kier alpha value is -1.59. The van der Waals surface area contributed by atoms with Crippen molar-refractivity contribution >= 4 is 12.4 Å². The molecule has 5 heteroatoms. The molecule has 0 spiro atoms. The first-order valence-corrected chi connectivity index (χ1v) is 9.51. The molecule has 2 aromatic carbocycles. The van der Waals surface area contributed by atoms with Crippen LogP contribution >= 0.6 is 12.4 Å². The molecule has 3 N–H and O–H groups in total. The Bertz CT molecular complexity index is 698. The second kappa shape index (κ2) is 10.7. The van der Waals surface area contributed by atoms with E-state index in [1.54, 1.807) is 7.11 Å². The van der Waals surface area contributed by atoms with E-state index in [1.807, 2.05) is 18.2 Å². The SMILES string of the molecule is CNC1CCC(NCc2cc(-c3ccc(CO)cc3)ccc2OC)CC1.Cl. The Morgan fingerprint density at radius 2 is 1.59 bits per heavy atom. The molecular weight excluding hydrogens is 360 g/mol. The summed E-state index contributed by atoms with van der Waals surface area (Å²) in [4.78, 5) is 0. The molecule has 0 bridgehead atoms. The van der Waals surface area contributed by atoms with Crippen molar-refractivity contribution in [2.45, 2.75) is 50.9 Å². The number of hydrogen-bond donors (Lipinski definition) is 3. The molecule has 0 atom stereocenters. The van der Waals surface area contributed by atoms with E-state index in [2.05, 4.69) is 41.9 Å². The molecule has 1 fully saturated rings. The summed E-state index contributed by atoms with van der Waals surface area (Å²) in [5.74, 6) is 0.928. The highest BCUT2D eigenvalue weighted by atomic mass is 35.5. The van der Waals surface area contributed by atoms with Crippen LogP contribution in [0.15, 0.2) is 42.5 Å². The highest BCUT2D eigenvalue weighted by molar-refractivity contribution is 5.85. The molecule has 0 heterocycles. The first kappa shape index (κ1) is 21.7. The van der Waals surface area contributed by atoms with Gasteiger partial charge < -0.3 is 20.5 Å². The van der Waals surface area contributed by atoms with Gasteiger partial charge in [0.2, 0.25) is 0 Å². The van der Waals surface area contributed by atoms with E-state index < -0.39 is 0 Å². The maximum Gasteiger partial charge on any atom is 0.123 e. The lowest BCUT2D eigenvalue weighted by Gasteiger charge is -2.29. The van der Waals surface area contributed by atoms with E-state index in [0.717, 1.165) is 23.4 Å². The van der Waals surface area contributed by atoms with Crippen molar-refractivity contribution in [2.24, 2.45) is 0 Å². The second-order valence-electron chi connectivity index (χ2n) is 7.10. The van der Waals surface area contributed by atoms with E-state index >= 15 is 0 Å². The number of rotatable bonds is 7. The maximum atomic E-state index is 9.21. The van der Waals surface area contributed by atoms with Gasteiger partial charge in [-0.3, -0.25) is 0 Å². The molecule has 0 saturated heterocycles. The van der Waals surface area contributed by atoms with Gasteiger partial charge in [-0.25, -0.2) is 0 Å². The Morgan fingerprint density at radius 3 is 2.19 bits per heavy atom. The lowest BCUT2D eigenvalue weighted by molar-refractivity contribution is 0.282. The summed E-state index contributed by atoms with van der Waals surface area (Å²) in [6, 6.07) is 15.7. The zero-order valence-corrected chi connectivity index (χ0v) is 17.0. The molecule has 27 heavy (non-hydrogen) atoms. The highest BCUT2D eigenvalue weighted by Gasteiger charge is 2.19. The zero-order chi connectivity index (χ0) is 18.4. The van der Waals surface area contributed by atoms with Crippen LogP contribution < -0.4 is 15.4 Å². The Balaban J connectivity index is 0.00000261. The number of halogens is 1. The van der Waals surface area contributed by atoms with Crippen molar-refractivity contribution in [3.05, 3.63) is 53.6 Å². The van der Waals surface area contributed by atoms with E-state index in [9.17, 15) is 5.11 Å². The van der Waals surface area contributed by atoms with Crippen LogP contribution in [0.1, 0.15) is 36.8 Å². The summed E-state index contributed by atoms with van der Waals surface area (Å²) in [5, 5.41) is 16.3. The lowest BCUT2D eigenvalue weighted by atomic mass is 9.91. The molecular formula is C22H31ClN2O2. The van der Waals surface area contributed by atoms with Gasteiger partial charge >= 0.3 is 0 Å². The molecule has 1 aliphatic rings. The van der Waals surface area contributed by atoms with Crippen molar-refractivity contribution in [3.8, 4) is 16.9 Å². The normalized spacial score (nSPS) is 19.4. The summed E-state index contributed by atoms with van der Waals surface area (Å²) in [7, 11) is 3.79. The topological polar surface area (TPSA) is 53.5 Å². The smallest absolute Gasteiger partial charge is 0.123 e. The van der Waals surface area contributed by atoms with Gasteiger partial charge in [-0.1, -0.05) is 30.3 Å². The number of aliphatic hydroxyl groups excluding tert-OH is 1. The van der Waals surface area contributed by atoms with Gasteiger partial charge in [0, 0.05) is 24.2 Å². The van der Waals surface area contributed by atoms with Crippen molar-refractivity contribution in [2.75, 3.05) is 14.2 Å². The van der Waals surface area contributed by atoms with Crippen molar-refractivity contribution in [1.82, 2.24) is 10.6 Å². The predicted octanol–water partition coefficient (Wildman–Crippen LogP) is 3.90. The number of ether oxygens (including phenoxy) is 1. The van der Waals surface area contributed by atoms with Crippen LogP contribution in [0.2, 0.25) is 0 Å². The molecule has 4 nitrogen and oxygen atoms in total. The van der Waals surface area contributed by atoms with Gasteiger partial charge in [0.05, 0.1) is 13.7 Å². The summed E-state index contributed by atoms with van der Waals surface area (Å²) in [6.45, 7) is 0.897. The first-order valence-electron chi connectivity index (χ1n) is 9.51. The van der Waals surface area contributed by atoms with Gasteiger partial charge in [-0.2, -0.15) is 0 Å². The first-order chi connectivity index (χ1) is 12.7. The predicted molar refractivity (Wildman–Crippen MR) is 114 cm³/mol. The Morgan fingerprint density at radius 1 is 0.963 bits per heavy atom. The minimum absolute atomic E-state index is 0. The third-order valence-electron chi connectivity index (χ3n) is 5.47. The third-order valence-corrected chi connectivity index (χ3v) is 5.47.